The van der Waals surface area contributed by atoms with Crippen LogP contribution < -0.4 is 9.47 Å². The molecule has 0 spiro atoms. The summed E-state index contributed by atoms with van der Waals surface area (Å²) in [6.07, 6.45) is 5.56. The van der Waals surface area contributed by atoms with Gasteiger partial charge in [0.2, 0.25) is 0 Å². The molecule has 0 bridgehead atoms. The molecule has 2 aromatic carbocycles. The molecule has 8 heteroatoms. The van der Waals surface area contributed by atoms with Crippen molar-refractivity contribution >= 4 is 22.5 Å². The Kier molecular flexibility index (Phi) is 5.39. The third kappa shape index (κ3) is 3.86. The SMILES string of the molecule is COc1ncc(CN2CCOc3c(Cl)cc(-n4ccc5cc(C#N)ccc54)cc3C2)cn1. The summed E-state index contributed by atoms with van der Waals surface area (Å²) in [4.78, 5) is 10.7. The summed E-state index contributed by atoms with van der Waals surface area (Å²) >= 11 is 6.64. The number of nitriles is 1. The molecule has 2 aromatic heterocycles. The molecular weight excluding hydrogens is 426 g/mol. The van der Waals surface area contributed by atoms with Crippen molar-refractivity contribution in [2.45, 2.75) is 13.1 Å². The van der Waals surface area contributed by atoms with Crippen LogP contribution in [0.1, 0.15) is 16.7 Å². The number of aromatic nitrogens is 3. The normalized spacial score (nSPS) is 13.8. The predicted octanol–water partition coefficient (Wildman–Crippen LogP) is 4.35. The molecule has 0 radical (unpaired) electrons. The van der Waals surface area contributed by atoms with Crippen molar-refractivity contribution in [3.8, 4) is 23.5 Å². The van der Waals surface area contributed by atoms with Gasteiger partial charge in [-0.1, -0.05) is 11.6 Å². The molecular formula is C24H20ClN5O2. The molecule has 0 fully saturated rings. The number of methoxy groups -OCH3 is 1. The predicted molar refractivity (Wildman–Crippen MR) is 121 cm³/mol. The van der Waals surface area contributed by atoms with Gasteiger partial charge in [-0.15, -0.1) is 0 Å². The second kappa shape index (κ2) is 8.50. The van der Waals surface area contributed by atoms with E-state index in [1.807, 2.05) is 36.5 Å². The highest BCUT2D eigenvalue weighted by Crippen LogP contribution is 2.35. The first kappa shape index (κ1) is 20.3. The Morgan fingerprint density at radius 1 is 1.19 bits per heavy atom. The van der Waals surface area contributed by atoms with Crippen molar-refractivity contribution in [3.05, 3.63) is 76.7 Å². The van der Waals surface area contributed by atoms with Crippen LogP contribution in [0.3, 0.4) is 0 Å². The van der Waals surface area contributed by atoms with Crippen molar-refractivity contribution < 1.29 is 9.47 Å². The molecule has 0 amide bonds. The molecule has 0 unspecified atom stereocenters. The van der Waals surface area contributed by atoms with Gasteiger partial charge in [0.1, 0.15) is 12.4 Å². The summed E-state index contributed by atoms with van der Waals surface area (Å²) in [6, 6.07) is 14.3. The average molecular weight is 446 g/mol. The van der Waals surface area contributed by atoms with Crippen LogP contribution in [0, 0.1) is 11.3 Å². The smallest absolute Gasteiger partial charge is 0.316 e. The Balaban J connectivity index is 1.46. The van der Waals surface area contributed by atoms with E-state index in [2.05, 4.69) is 31.6 Å². The summed E-state index contributed by atoms with van der Waals surface area (Å²) in [6.45, 7) is 2.69. The number of halogens is 1. The monoisotopic (exact) mass is 445 g/mol. The fraction of sp³-hybridized carbons (Fsp3) is 0.208. The molecule has 0 N–H and O–H groups in total. The fourth-order valence-corrected chi connectivity index (χ4v) is 4.30. The highest BCUT2D eigenvalue weighted by Gasteiger charge is 2.20. The maximum atomic E-state index is 9.17. The second-order valence-electron chi connectivity index (χ2n) is 7.62. The molecule has 7 nitrogen and oxygen atoms in total. The molecule has 32 heavy (non-hydrogen) atoms. The third-order valence-electron chi connectivity index (χ3n) is 5.52. The number of fused-ring (bicyclic) bond motifs is 2. The lowest BCUT2D eigenvalue weighted by atomic mass is 10.1. The van der Waals surface area contributed by atoms with Crippen LogP contribution in [0.15, 0.2) is 55.0 Å². The highest BCUT2D eigenvalue weighted by atomic mass is 35.5. The first-order valence-corrected chi connectivity index (χ1v) is 10.6. The minimum atomic E-state index is 0.357. The first-order valence-electron chi connectivity index (χ1n) is 10.2. The van der Waals surface area contributed by atoms with Gasteiger partial charge in [0.25, 0.3) is 0 Å². The van der Waals surface area contributed by atoms with E-state index in [0.717, 1.165) is 40.0 Å². The number of nitrogens with zero attached hydrogens (tertiary/aromatic N) is 5. The van der Waals surface area contributed by atoms with Gasteiger partial charge in [0.05, 0.1) is 29.3 Å². The number of ether oxygens (including phenoxy) is 2. The summed E-state index contributed by atoms with van der Waals surface area (Å²) < 4.78 is 13.1. The number of benzene rings is 2. The van der Waals surface area contributed by atoms with Gasteiger partial charge in [-0.3, -0.25) is 4.90 Å². The maximum absolute atomic E-state index is 9.17. The molecule has 4 aromatic rings. The Labute approximate surface area is 190 Å². The maximum Gasteiger partial charge on any atom is 0.316 e. The van der Waals surface area contributed by atoms with Gasteiger partial charge >= 0.3 is 6.01 Å². The fourth-order valence-electron chi connectivity index (χ4n) is 4.01. The van der Waals surface area contributed by atoms with Crippen LogP contribution >= 0.6 is 11.6 Å². The Morgan fingerprint density at radius 3 is 2.81 bits per heavy atom. The van der Waals surface area contributed by atoms with Gasteiger partial charge in [-0.05, 0) is 36.4 Å². The molecule has 3 heterocycles. The van der Waals surface area contributed by atoms with Crippen molar-refractivity contribution in [1.29, 1.82) is 5.26 Å². The number of rotatable bonds is 4. The van der Waals surface area contributed by atoms with Crippen LogP contribution in [0.2, 0.25) is 5.02 Å². The molecule has 1 aliphatic rings. The van der Waals surface area contributed by atoms with E-state index >= 15 is 0 Å². The molecule has 5 rings (SSSR count). The molecule has 0 aliphatic carbocycles. The average Bonchev–Trinajstić information content (AvgIpc) is 3.13. The lowest BCUT2D eigenvalue weighted by Gasteiger charge is -2.19. The van der Waals surface area contributed by atoms with Gasteiger partial charge in [0, 0.05) is 60.4 Å². The topological polar surface area (TPSA) is 76.2 Å². The van der Waals surface area contributed by atoms with Crippen molar-refractivity contribution in [2.24, 2.45) is 0 Å². The van der Waals surface area contributed by atoms with Crippen molar-refractivity contribution in [2.75, 3.05) is 20.3 Å². The van der Waals surface area contributed by atoms with Crippen LogP contribution in [-0.4, -0.2) is 39.7 Å². The molecule has 0 atom stereocenters. The van der Waals surface area contributed by atoms with E-state index in [-0.39, 0.29) is 0 Å². The molecule has 1 aliphatic heterocycles. The Bertz CT molecular complexity index is 1330. The third-order valence-corrected chi connectivity index (χ3v) is 5.80. The van der Waals surface area contributed by atoms with E-state index in [9.17, 15) is 0 Å². The summed E-state index contributed by atoms with van der Waals surface area (Å²) in [5, 5.41) is 10.8. The van der Waals surface area contributed by atoms with Crippen LogP contribution in [-0.2, 0) is 13.1 Å². The minimum Gasteiger partial charge on any atom is -0.490 e. The van der Waals surface area contributed by atoms with E-state index < -0.39 is 0 Å². The van der Waals surface area contributed by atoms with Crippen LogP contribution in [0.5, 0.6) is 11.8 Å². The first-order chi connectivity index (χ1) is 15.6. The molecule has 0 saturated heterocycles. The Hall–Kier alpha value is -3.60. The van der Waals surface area contributed by atoms with Gasteiger partial charge in [-0.25, -0.2) is 9.97 Å². The molecule has 0 saturated carbocycles. The summed E-state index contributed by atoms with van der Waals surface area (Å²) in [7, 11) is 1.55. The Morgan fingerprint density at radius 2 is 2.03 bits per heavy atom. The zero-order valence-corrected chi connectivity index (χ0v) is 18.2. The zero-order valence-electron chi connectivity index (χ0n) is 17.5. The number of hydrogen-bond acceptors (Lipinski definition) is 6. The zero-order chi connectivity index (χ0) is 22.1. The number of hydrogen-bond donors (Lipinski definition) is 0. The summed E-state index contributed by atoms with van der Waals surface area (Å²) in [5.74, 6) is 0.729. The van der Waals surface area contributed by atoms with E-state index in [1.165, 1.54) is 0 Å². The standard InChI is InChI=1S/C24H20ClN5O2/c1-31-24-27-12-17(13-28-24)14-29-6-7-32-23-19(15-29)9-20(10-21(23)25)30-5-4-18-8-16(11-26)2-3-22(18)30/h2-5,8-10,12-13H,6-7,14-15H2,1H3. The largest absolute Gasteiger partial charge is 0.490 e. The molecule has 160 valence electrons. The minimum absolute atomic E-state index is 0.357. The quantitative estimate of drug-likeness (QED) is 0.465. The van der Waals surface area contributed by atoms with Crippen molar-refractivity contribution in [3.63, 3.8) is 0 Å². The lowest BCUT2D eigenvalue weighted by molar-refractivity contribution is 0.219. The highest BCUT2D eigenvalue weighted by molar-refractivity contribution is 6.32. The van der Waals surface area contributed by atoms with E-state index in [0.29, 0.717) is 36.3 Å². The second-order valence-corrected chi connectivity index (χ2v) is 8.03. The van der Waals surface area contributed by atoms with Crippen molar-refractivity contribution in [1.82, 2.24) is 19.4 Å². The lowest BCUT2D eigenvalue weighted by Crippen LogP contribution is -2.25. The van der Waals surface area contributed by atoms with E-state index in [1.54, 1.807) is 19.5 Å². The van der Waals surface area contributed by atoms with Crippen LogP contribution in [0.4, 0.5) is 0 Å². The van der Waals surface area contributed by atoms with Gasteiger partial charge in [0.15, 0.2) is 0 Å². The van der Waals surface area contributed by atoms with Gasteiger partial charge in [-0.2, -0.15) is 5.26 Å². The summed E-state index contributed by atoms with van der Waals surface area (Å²) in [5.41, 5.74) is 4.63. The van der Waals surface area contributed by atoms with Gasteiger partial charge < -0.3 is 14.0 Å². The van der Waals surface area contributed by atoms with Crippen LogP contribution in [0.25, 0.3) is 16.6 Å². The van der Waals surface area contributed by atoms with E-state index in [4.69, 9.17) is 26.3 Å².